The van der Waals surface area contributed by atoms with Gasteiger partial charge in [-0.2, -0.15) is 0 Å². The highest BCUT2D eigenvalue weighted by atomic mass is 35.5. The summed E-state index contributed by atoms with van der Waals surface area (Å²) in [5, 5.41) is 1.23. The van der Waals surface area contributed by atoms with E-state index >= 15 is 0 Å². The van der Waals surface area contributed by atoms with Crippen molar-refractivity contribution in [3.05, 3.63) is 80.2 Å². The molecule has 25 heavy (non-hydrogen) atoms. The molecule has 3 aromatic rings. The summed E-state index contributed by atoms with van der Waals surface area (Å²) < 4.78 is 10.6. The number of carbonyl (C=O) groups is 1. The predicted octanol–water partition coefficient (Wildman–Crippen LogP) is 4.35. The average Bonchev–Trinajstić information content (AvgIpc) is 2.56. The van der Waals surface area contributed by atoms with Gasteiger partial charge in [-0.3, -0.25) is 4.79 Å². The quantitative estimate of drug-likeness (QED) is 0.515. The van der Waals surface area contributed by atoms with Crippen LogP contribution in [0.4, 0.5) is 0 Å². The van der Waals surface area contributed by atoms with Crippen LogP contribution in [0.5, 0.6) is 0 Å². The van der Waals surface area contributed by atoms with Crippen molar-refractivity contribution in [3.8, 4) is 0 Å². The van der Waals surface area contributed by atoms with Gasteiger partial charge in [0.25, 0.3) is 0 Å². The maximum atomic E-state index is 12.1. The van der Waals surface area contributed by atoms with Crippen LogP contribution in [0.3, 0.4) is 0 Å². The van der Waals surface area contributed by atoms with Gasteiger partial charge in [-0.05, 0) is 42.7 Å². The zero-order valence-electron chi connectivity index (χ0n) is 14.0. The van der Waals surface area contributed by atoms with Gasteiger partial charge in [-0.15, -0.1) is 0 Å². The molecule has 0 atom stereocenters. The lowest BCUT2D eigenvalue weighted by Crippen LogP contribution is -2.10. The van der Waals surface area contributed by atoms with Crippen molar-refractivity contribution in [2.24, 2.45) is 0 Å². The lowest BCUT2D eigenvalue weighted by Gasteiger charge is -2.09. The second-order valence-corrected chi connectivity index (χ2v) is 6.36. The molecule has 5 heteroatoms. The van der Waals surface area contributed by atoms with E-state index in [4.69, 9.17) is 20.8 Å². The fourth-order valence-corrected chi connectivity index (χ4v) is 2.80. The molecule has 0 saturated heterocycles. The number of hydrogen-bond acceptors (Lipinski definition) is 4. The minimum Gasteiger partial charge on any atom is -0.461 e. The summed E-state index contributed by atoms with van der Waals surface area (Å²) in [6.45, 7) is 3.77. The van der Waals surface area contributed by atoms with Crippen molar-refractivity contribution >= 4 is 28.5 Å². The van der Waals surface area contributed by atoms with Crippen LogP contribution in [0.1, 0.15) is 22.3 Å². The van der Waals surface area contributed by atoms with Crippen molar-refractivity contribution in [1.82, 2.24) is 0 Å². The van der Waals surface area contributed by atoms with E-state index in [1.807, 2.05) is 38.1 Å². The number of aryl methyl sites for hydroxylation is 2. The number of halogens is 1. The third-order valence-electron chi connectivity index (χ3n) is 4.09. The van der Waals surface area contributed by atoms with E-state index in [2.05, 4.69) is 0 Å². The molecule has 0 N–H and O–H groups in total. The summed E-state index contributed by atoms with van der Waals surface area (Å²) in [5.74, 6) is -0.353. The van der Waals surface area contributed by atoms with E-state index in [9.17, 15) is 9.59 Å². The molecular formula is C20H17ClO4. The van der Waals surface area contributed by atoms with Crippen LogP contribution >= 0.6 is 11.6 Å². The first-order chi connectivity index (χ1) is 11.9. The first-order valence-electron chi connectivity index (χ1n) is 7.87. The Labute approximate surface area is 150 Å². The van der Waals surface area contributed by atoms with Gasteiger partial charge in [0, 0.05) is 22.0 Å². The van der Waals surface area contributed by atoms with Gasteiger partial charge in [-0.1, -0.05) is 35.9 Å². The summed E-state index contributed by atoms with van der Waals surface area (Å²) in [6.07, 6.45) is 0.186. The van der Waals surface area contributed by atoms with Crippen LogP contribution in [0.15, 0.2) is 51.7 Å². The molecular weight excluding hydrogens is 340 g/mol. The van der Waals surface area contributed by atoms with Crippen molar-refractivity contribution in [2.45, 2.75) is 26.9 Å². The van der Waals surface area contributed by atoms with Gasteiger partial charge in [0.05, 0.1) is 6.42 Å². The standard InChI is InChI=1S/C20H17ClO4/c1-12-5-3-4-6-14(12)8-19(22)24-11-15-9-20(23)25-18-7-13(2)17(21)10-16(15)18/h3-7,9-10H,8,11H2,1-2H3. The first-order valence-corrected chi connectivity index (χ1v) is 8.25. The molecule has 0 aliphatic heterocycles. The number of ether oxygens (including phenoxy) is 1. The second-order valence-electron chi connectivity index (χ2n) is 5.95. The molecule has 2 aromatic carbocycles. The Hall–Kier alpha value is -2.59. The largest absolute Gasteiger partial charge is 0.461 e. The van der Waals surface area contributed by atoms with E-state index in [0.29, 0.717) is 21.6 Å². The SMILES string of the molecule is Cc1cc2oc(=O)cc(COC(=O)Cc3ccccc3C)c2cc1Cl. The molecule has 0 aliphatic carbocycles. The van der Waals surface area contributed by atoms with E-state index in [0.717, 1.165) is 16.7 Å². The predicted molar refractivity (Wildman–Crippen MR) is 96.9 cm³/mol. The zero-order chi connectivity index (χ0) is 18.0. The van der Waals surface area contributed by atoms with Gasteiger partial charge in [0.1, 0.15) is 12.2 Å². The normalized spacial score (nSPS) is 10.8. The number of hydrogen-bond donors (Lipinski definition) is 0. The van der Waals surface area contributed by atoms with Crippen molar-refractivity contribution in [3.63, 3.8) is 0 Å². The third kappa shape index (κ3) is 3.91. The molecule has 3 rings (SSSR count). The number of rotatable bonds is 4. The van der Waals surface area contributed by atoms with Crippen LogP contribution in [0.2, 0.25) is 5.02 Å². The fraction of sp³-hybridized carbons (Fsp3) is 0.200. The topological polar surface area (TPSA) is 56.5 Å². The maximum absolute atomic E-state index is 12.1. The Morgan fingerprint density at radius 2 is 1.84 bits per heavy atom. The third-order valence-corrected chi connectivity index (χ3v) is 4.50. The molecule has 0 fully saturated rings. The second kappa shape index (κ2) is 7.11. The van der Waals surface area contributed by atoms with Gasteiger partial charge >= 0.3 is 11.6 Å². The lowest BCUT2D eigenvalue weighted by molar-refractivity contribution is -0.144. The Kier molecular flexibility index (Phi) is 4.91. The Bertz CT molecular complexity index is 1000. The number of fused-ring (bicyclic) bond motifs is 1. The summed E-state index contributed by atoms with van der Waals surface area (Å²) in [7, 11) is 0. The Morgan fingerprint density at radius 1 is 1.08 bits per heavy atom. The average molecular weight is 357 g/mol. The molecule has 0 amide bonds. The van der Waals surface area contributed by atoms with Gasteiger partial charge in [0.15, 0.2) is 0 Å². The molecule has 1 heterocycles. The van der Waals surface area contributed by atoms with Gasteiger partial charge in [0.2, 0.25) is 0 Å². The highest BCUT2D eigenvalue weighted by molar-refractivity contribution is 6.32. The number of esters is 1. The first kappa shape index (κ1) is 17.2. The molecule has 0 bridgehead atoms. The Morgan fingerprint density at radius 3 is 2.60 bits per heavy atom. The van der Waals surface area contributed by atoms with Crippen molar-refractivity contribution in [2.75, 3.05) is 0 Å². The van der Waals surface area contributed by atoms with E-state index in [1.165, 1.54) is 6.07 Å². The van der Waals surface area contributed by atoms with Crippen LogP contribution in [0.25, 0.3) is 11.0 Å². The summed E-state index contributed by atoms with van der Waals surface area (Å²) >= 11 is 6.16. The molecule has 4 nitrogen and oxygen atoms in total. The van der Waals surface area contributed by atoms with Crippen molar-refractivity contribution in [1.29, 1.82) is 0 Å². The maximum Gasteiger partial charge on any atom is 0.336 e. The highest BCUT2D eigenvalue weighted by Crippen LogP contribution is 2.25. The molecule has 0 radical (unpaired) electrons. The van der Waals surface area contributed by atoms with Crippen molar-refractivity contribution < 1.29 is 13.9 Å². The van der Waals surface area contributed by atoms with Crippen LogP contribution in [-0.2, 0) is 22.6 Å². The van der Waals surface area contributed by atoms with E-state index in [-0.39, 0.29) is 19.0 Å². The van der Waals surface area contributed by atoms with Crippen LogP contribution in [-0.4, -0.2) is 5.97 Å². The minimum atomic E-state index is -0.487. The summed E-state index contributed by atoms with van der Waals surface area (Å²) in [4.78, 5) is 23.9. The fourth-order valence-electron chi connectivity index (χ4n) is 2.64. The van der Waals surface area contributed by atoms with E-state index in [1.54, 1.807) is 12.1 Å². The van der Waals surface area contributed by atoms with Crippen LogP contribution in [0, 0.1) is 13.8 Å². The molecule has 0 spiro atoms. The van der Waals surface area contributed by atoms with Gasteiger partial charge in [-0.25, -0.2) is 4.79 Å². The van der Waals surface area contributed by atoms with E-state index < -0.39 is 5.63 Å². The molecule has 0 saturated carbocycles. The molecule has 1 aromatic heterocycles. The lowest BCUT2D eigenvalue weighted by atomic mass is 10.1. The molecule has 0 aliphatic rings. The summed E-state index contributed by atoms with van der Waals surface area (Å²) in [5.41, 5.74) is 3.28. The monoisotopic (exact) mass is 356 g/mol. The number of carbonyl (C=O) groups excluding carboxylic acids is 1. The molecule has 128 valence electrons. The smallest absolute Gasteiger partial charge is 0.336 e. The van der Waals surface area contributed by atoms with Crippen LogP contribution < -0.4 is 5.63 Å². The van der Waals surface area contributed by atoms with Gasteiger partial charge < -0.3 is 9.15 Å². The summed E-state index contributed by atoms with van der Waals surface area (Å²) in [6, 6.07) is 12.4. The zero-order valence-corrected chi connectivity index (χ0v) is 14.7. The number of benzene rings is 2. The molecule has 0 unspecified atom stereocenters. The highest BCUT2D eigenvalue weighted by Gasteiger charge is 2.12. The minimum absolute atomic E-state index is 0.00773. The Balaban J connectivity index is 1.81.